The Morgan fingerprint density at radius 1 is 1.21 bits per heavy atom. The van der Waals surface area contributed by atoms with Crippen LogP contribution in [0.15, 0.2) is 22.7 Å². The van der Waals surface area contributed by atoms with Crippen molar-refractivity contribution in [3.8, 4) is 0 Å². The molecule has 1 saturated carbocycles. The van der Waals surface area contributed by atoms with Gasteiger partial charge in [0, 0.05) is 11.0 Å². The third-order valence-electron chi connectivity index (χ3n) is 4.30. The monoisotopic (exact) mass is 327 g/mol. The Bertz CT molecular complexity index is 400. The Morgan fingerprint density at radius 2 is 1.89 bits per heavy atom. The molecule has 1 aromatic rings. The van der Waals surface area contributed by atoms with Crippen LogP contribution in [0.2, 0.25) is 0 Å². The fraction of sp³-hybridized carbons (Fsp3) is 0.625. The summed E-state index contributed by atoms with van der Waals surface area (Å²) in [5.41, 5.74) is 1.00. The highest BCUT2D eigenvalue weighted by molar-refractivity contribution is 9.10. The van der Waals surface area contributed by atoms with E-state index in [1.165, 1.54) is 38.2 Å². The molecule has 0 unspecified atom stereocenters. The molecule has 0 radical (unpaired) electrons. The first-order valence-corrected chi connectivity index (χ1v) is 8.13. The van der Waals surface area contributed by atoms with Gasteiger partial charge in [0.15, 0.2) is 0 Å². The van der Waals surface area contributed by atoms with E-state index in [0.717, 1.165) is 35.0 Å². The highest BCUT2D eigenvalue weighted by Crippen LogP contribution is 2.30. The van der Waals surface area contributed by atoms with Gasteiger partial charge >= 0.3 is 0 Å². The molecule has 0 aliphatic heterocycles. The molecule has 1 fully saturated rings. The third-order valence-corrected chi connectivity index (χ3v) is 5.07. The standard InChI is InChI=1S/C16H23BrFN/c1-2-12-3-5-13(6-4-12)10-19-11-14-9-15(18)7-8-16(14)17/h7-9,12-13,19H,2-6,10-11H2,1H3. The van der Waals surface area contributed by atoms with Crippen LogP contribution in [0.5, 0.6) is 0 Å². The molecule has 106 valence electrons. The zero-order chi connectivity index (χ0) is 13.7. The number of rotatable bonds is 5. The van der Waals surface area contributed by atoms with Crippen LogP contribution in [0.3, 0.4) is 0 Å². The molecule has 0 amide bonds. The van der Waals surface area contributed by atoms with Gasteiger partial charge in [-0.3, -0.25) is 0 Å². The van der Waals surface area contributed by atoms with Crippen LogP contribution in [0.1, 0.15) is 44.6 Å². The first kappa shape index (κ1) is 15.0. The maximum absolute atomic E-state index is 13.2. The van der Waals surface area contributed by atoms with Gasteiger partial charge in [-0.1, -0.05) is 42.1 Å². The minimum absolute atomic E-state index is 0.163. The summed E-state index contributed by atoms with van der Waals surface area (Å²) in [6.45, 7) is 4.09. The number of halogens is 2. The van der Waals surface area contributed by atoms with E-state index in [-0.39, 0.29) is 5.82 Å². The van der Waals surface area contributed by atoms with Crippen molar-refractivity contribution in [1.29, 1.82) is 0 Å². The van der Waals surface area contributed by atoms with Gasteiger partial charge < -0.3 is 5.32 Å². The number of benzene rings is 1. The van der Waals surface area contributed by atoms with Gasteiger partial charge in [-0.2, -0.15) is 0 Å². The molecule has 0 spiro atoms. The minimum Gasteiger partial charge on any atom is -0.312 e. The maximum Gasteiger partial charge on any atom is 0.123 e. The number of hydrogen-bond donors (Lipinski definition) is 1. The van der Waals surface area contributed by atoms with Gasteiger partial charge in [0.2, 0.25) is 0 Å². The molecule has 0 atom stereocenters. The Labute approximate surface area is 124 Å². The predicted octanol–water partition coefficient (Wildman–Crippen LogP) is 4.89. The van der Waals surface area contributed by atoms with Crippen LogP contribution in [0.25, 0.3) is 0 Å². The second-order valence-electron chi connectivity index (χ2n) is 5.66. The van der Waals surface area contributed by atoms with Crippen LogP contribution >= 0.6 is 15.9 Å². The van der Waals surface area contributed by atoms with Crippen molar-refractivity contribution < 1.29 is 4.39 Å². The summed E-state index contributed by atoms with van der Waals surface area (Å²) in [5.74, 6) is 1.59. The van der Waals surface area contributed by atoms with E-state index < -0.39 is 0 Å². The van der Waals surface area contributed by atoms with Gasteiger partial charge in [-0.25, -0.2) is 4.39 Å². The van der Waals surface area contributed by atoms with Gasteiger partial charge in [0.05, 0.1) is 0 Å². The Balaban J connectivity index is 1.73. The molecule has 0 aromatic heterocycles. The molecule has 1 aliphatic rings. The lowest BCUT2D eigenvalue weighted by atomic mass is 9.81. The molecular formula is C16H23BrFN. The van der Waals surface area contributed by atoms with Crippen molar-refractivity contribution in [1.82, 2.24) is 5.32 Å². The Kier molecular flexibility index (Phi) is 5.83. The van der Waals surface area contributed by atoms with E-state index in [1.54, 1.807) is 12.1 Å². The highest BCUT2D eigenvalue weighted by atomic mass is 79.9. The fourth-order valence-corrected chi connectivity index (χ4v) is 3.32. The Morgan fingerprint density at radius 3 is 2.58 bits per heavy atom. The Hall–Kier alpha value is -0.410. The lowest BCUT2D eigenvalue weighted by Crippen LogP contribution is -2.26. The van der Waals surface area contributed by atoms with Gasteiger partial charge in [-0.05, 0) is 55.0 Å². The van der Waals surface area contributed by atoms with E-state index in [4.69, 9.17) is 0 Å². The fourth-order valence-electron chi connectivity index (χ4n) is 2.93. The summed E-state index contributed by atoms with van der Waals surface area (Å²) in [6, 6.07) is 4.86. The van der Waals surface area contributed by atoms with Crippen molar-refractivity contribution >= 4 is 15.9 Å². The molecule has 1 N–H and O–H groups in total. The summed E-state index contributed by atoms with van der Waals surface area (Å²) in [4.78, 5) is 0. The number of nitrogens with one attached hydrogen (secondary N) is 1. The zero-order valence-electron chi connectivity index (χ0n) is 11.6. The van der Waals surface area contributed by atoms with Crippen LogP contribution in [-0.2, 0) is 6.54 Å². The minimum atomic E-state index is -0.163. The van der Waals surface area contributed by atoms with E-state index in [1.807, 2.05) is 0 Å². The highest BCUT2D eigenvalue weighted by Gasteiger charge is 2.19. The van der Waals surface area contributed by atoms with Crippen molar-refractivity contribution in [2.45, 2.75) is 45.6 Å². The van der Waals surface area contributed by atoms with Gasteiger partial charge in [0.25, 0.3) is 0 Å². The molecule has 1 nitrogen and oxygen atoms in total. The largest absolute Gasteiger partial charge is 0.312 e. The smallest absolute Gasteiger partial charge is 0.123 e. The normalized spacial score (nSPS) is 23.5. The molecular weight excluding hydrogens is 305 g/mol. The van der Waals surface area contributed by atoms with Gasteiger partial charge in [-0.15, -0.1) is 0 Å². The molecule has 0 heterocycles. The van der Waals surface area contributed by atoms with Crippen molar-refractivity contribution in [2.24, 2.45) is 11.8 Å². The van der Waals surface area contributed by atoms with Crippen molar-refractivity contribution in [2.75, 3.05) is 6.54 Å². The second-order valence-corrected chi connectivity index (χ2v) is 6.52. The average molecular weight is 328 g/mol. The topological polar surface area (TPSA) is 12.0 Å². The van der Waals surface area contributed by atoms with Crippen LogP contribution in [0, 0.1) is 17.7 Å². The molecule has 1 aromatic carbocycles. The van der Waals surface area contributed by atoms with Crippen molar-refractivity contribution in [3.63, 3.8) is 0 Å². The number of hydrogen-bond acceptors (Lipinski definition) is 1. The second kappa shape index (κ2) is 7.39. The molecule has 0 bridgehead atoms. The summed E-state index contributed by atoms with van der Waals surface area (Å²) >= 11 is 3.47. The van der Waals surface area contributed by atoms with Crippen LogP contribution < -0.4 is 5.32 Å². The summed E-state index contributed by atoms with van der Waals surface area (Å²) in [7, 11) is 0. The molecule has 1 aliphatic carbocycles. The first-order chi connectivity index (χ1) is 9.19. The SMILES string of the molecule is CCC1CCC(CNCc2cc(F)ccc2Br)CC1. The molecule has 3 heteroatoms. The van der Waals surface area contributed by atoms with Gasteiger partial charge in [0.1, 0.15) is 5.82 Å². The average Bonchev–Trinajstić information content (AvgIpc) is 2.43. The third kappa shape index (κ3) is 4.57. The predicted molar refractivity (Wildman–Crippen MR) is 81.5 cm³/mol. The lowest BCUT2D eigenvalue weighted by Gasteiger charge is -2.28. The quantitative estimate of drug-likeness (QED) is 0.811. The van der Waals surface area contributed by atoms with E-state index in [2.05, 4.69) is 28.2 Å². The van der Waals surface area contributed by atoms with Crippen LogP contribution in [-0.4, -0.2) is 6.54 Å². The maximum atomic E-state index is 13.2. The molecule has 0 saturated heterocycles. The molecule has 2 rings (SSSR count). The summed E-state index contributed by atoms with van der Waals surface area (Å²) < 4.78 is 14.1. The summed E-state index contributed by atoms with van der Waals surface area (Å²) in [5, 5.41) is 3.48. The first-order valence-electron chi connectivity index (χ1n) is 7.33. The van der Waals surface area contributed by atoms with E-state index in [0.29, 0.717) is 0 Å². The van der Waals surface area contributed by atoms with E-state index in [9.17, 15) is 4.39 Å². The lowest BCUT2D eigenvalue weighted by molar-refractivity contribution is 0.262. The van der Waals surface area contributed by atoms with E-state index >= 15 is 0 Å². The molecule has 19 heavy (non-hydrogen) atoms. The zero-order valence-corrected chi connectivity index (χ0v) is 13.2. The van der Waals surface area contributed by atoms with Crippen molar-refractivity contribution in [3.05, 3.63) is 34.1 Å². The van der Waals surface area contributed by atoms with Crippen LogP contribution in [0.4, 0.5) is 4.39 Å². The summed E-state index contributed by atoms with van der Waals surface area (Å²) in [6.07, 6.45) is 6.78.